The number of hydrogen-bond acceptors (Lipinski definition) is 5. The van der Waals surface area contributed by atoms with E-state index in [1.54, 1.807) is 12.5 Å². The molecule has 194 valence electrons. The fourth-order valence-electron chi connectivity index (χ4n) is 6.85. The van der Waals surface area contributed by atoms with Crippen LogP contribution in [0.2, 0.25) is 0 Å². The molecular weight excluding hydrogens is 519 g/mol. The van der Waals surface area contributed by atoms with Gasteiger partial charge in [-0.05, 0) is 47.8 Å². The average Bonchev–Trinajstić information content (AvgIpc) is 3.24. The molecule has 3 aromatic rings. The minimum atomic E-state index is -0.681. The van der Waals surface area contributed by atoms with Gasteiger partial charge in [0.25, 0.3) is 0 Å². The summed E-state index contributed by atoms with van der Waals surface area (Å²) in [6.45, 7) is 0.687. The SMILES string of the molecule is O=C1C=C(F)C2=C(Cl)C=NCC3=C(C2=C1)C(c1ncc(-c2ccc4[nH]cnc4c2)[nH]1)CN1C(=O)CC2(CC2)[C@@H]31. The number of hydrogen-bond donors (Lipinski definition) is 2. The lowest BCUT2D eigenvalue weighted by Crippen LogP contribution is -2.46. The lowest BCUT2D eigenvalue weighted by Gasteiger charge is -2.42. The molecule has 2 atom stereocenters. The van der Waals surface area contributed by atoms with Crippen LogP contribution in [-0.2, 0) is 9.59 Å². The molecule has 39 heavy (non-hydrogen) atoms. The van der Waals surface area contributed by atoms with Gasteiger partial charge >= 0.3 is 0 Å². The number of aromatic amines is 2. The fourth-order valence-corrected chi connectivity index (χ4v) is 7.11. The molecule has 2 fully saturated rings. The minimum Gasteiger partial charge on any atom is -0.345 e. The number of fused-ring (bicyclic) bond motifs is 6. The molecule has 5 heterocycles. The molecule has 1 saturated carbocycles. The third-order valence-electron chi connectivity index (χ3n) is 8.73. The second kappa shape index (κ2) is 7.95. The van der Waals surface area contributed by atoms with E-state index in [2.05, 4.69) is 19.9 Å². The summed E-state index contributed by atoms with van der Waals surface area (Å²) in [5.41, 5.74) is 5.72. The van der Waals surface area contributed by atoms with E-state index in [-0.39, 0.29) is 28.0 Å². The molecule has 5 aliphatic rings. The number of aromatic nitrogens is 4. The molecule has 0 radical (unpaired) electrons. The van der Waals surface area contributed by atoms with Crippen LogP contribution in [0.15, 0.2) is 81.0 Å². The van der Waals surface area contributed by atoms with E-state index >= 15 is 4.39 Å². The Labute approximate surface area is 227 Å². The highest BCUT2D eigenvalue weighted by atomic mass is 35.5. The predicted octanol–water partition coefficient (Wildman–Crippen LogP) is 4.67. The van der Waals surface area contributed by atoms with E-state index in [0.717, 1.165) is 52.4 Å². The van der Waals surface area contributed by atoms with Crippen molar-refractivity contribution >= 4 is 40.5 Å². The molecule has 2 aromatic heterocycles. The molecular formula is C29H22ClFN6O2. The van der Waals surface area contributed by atoms with Gasteiger partial charge in [0.15, 0.2) is 5.78 Å². The third-order valence-corrected chi connectivity index (χ3v) is 9.01. The van der Waals surface area contributed by atoms with Gasteiger partial charge in [-0.1, -0.05) is 17.7 Å². The summed E-state index contributed by atoms with van der Waals surface area (Å²) >= 11 is 6.54. The summed E-state index contributed by atoms with van der Waals surface area (Å²) in [5.74, 6) is -0.789. The molecule has 2 aliphatic carbocycles. The number of imidazole rings is 2. The first-order valence-electron chi connectivity index (χ1n) is 13.0. The van der Waals surface area contributed by atoms with Gasteiger partial charge in [0.2, 0.25) is 5.91 Å². The van der Waals surface area contributed by atoms with E-state index < -0.39 is 17.5 Å². The van der Waals surface area contributed by atoms with E-state index in [4.69, 9.17) is 16.6 Å². The lowest BCUT2D eigenvalue weighted by molar-refractivity contribution is -0.129. The quantitative estimate of drug-likeness (QED) is 0.492. The molecule has 0 bridgehead atoms. The summed E-state index contributed by atoms with van der Waals surface area (Å²) in [4.78, 5) is 48.1. The Morgan fingerprint density at radius 1 is 1.15 bits per heavy atom. The summed E-state index contributed by atoms with van der Waals surface area (Å²) in [5, 5.41) is 0.145. The highest BCUT2D eigenvalue weighted by Crippen LogP contribution is 2.62. The van der Waals surface area contributed by atoms with Crippen molar-refractivity contribution in [2.75, 3.05) is 13.1 Å². The number of benzene rings is 1. The molecule has 1 spiro atoms. The Morgan fingerprint density at radius 3 is 2.87 bits per heavy atom. The minimum absolute atomic E-state index is 0.115. The zero-order valence-corrected chi connectivity index (χ0v) is 21.4. The van der Waals surface area contributed by atoms with Crippen LogP contribution in [0.1, 0.15) is 31.0 Å². The van der Waals surface area contributed by atoms with Crippen LogP contribution < -0.4 is 0 Å². The van der Waals surface area contributed by atoms with Crippen LogP contribution in [0, 0.1) is 5.41 Å². The van der Waals surface area contributed by atoms with Crippen molar-refractivity contribution in [3.05, 3.63) is 81.9 Å². The number of allylic oxidation sites excluding steroid dienone is 6. The van der Waals surface area contributed by atoms with Crippen LogP contribution in [-0.4, -0.2) is 61.9 Å². The van der Waals surface area contributed by atoms with E-state index in [9.17, 15) is 9.59 Å². The molecule has 8 rings (SSSR count). The Morgan fingerprint density at radius 2 is 2.03 bits per heavy atom. The maximum atomic E-state index is 15.3. The van der Waals surface area contributed by atoms with Gasteiger partial charge in [-0.15, -0.1) is 0 Å². The summed E-state index contributed by atoms with van der Waals surface area (Å²) < 4.78 is 15.3. The van der Waals surface area contributed by atoms with Crippen LogP contribution in [0.4, 0.5) is 4.39 Å². The largest absolute Gasteiger partial charge is 0.345 e. The molecule has 1 amide bonds. The van der Waals surface area contributed by atoms with Crippen molar-refractivity contribution in [1.29, 1.82) is 0 Å². The normalized spacial score (nSPS) is 25.4. The second-order valence-corrected chi connectivity index (χ2v) is 11.3. The number of H-pyrrole nitrogens is 2. The predicted molar refractivity (Wildman–Crippen MR) is 144 cm³/mol. The Kier molecular flexibility index (Phi) is 4.66. The first kappa shape index (κ1) is 22.8. The summed E-state index contributed by atoms with van der Waals surface area (Å²) in [7, 11) is 0. The van der Waals surface area contributed by atoms with Gasteiger partial charge in [-0.25, -0.2) is 14.4 Å². The highest BCUT2D eigenvalue weighted by molar-refractivity contribution is 6.40. The standard InChI is InChI=1S/C29H22ClFN6O2/c30-19-10-32-9-17-25(16-6-15(38)7-20(31)26(16)19)18(12-37-24(39)8-29(3-4-29)27(17)37)28-33-11-23(36-28)14-1-2-21-22(5-14)35-13-34-21/h1-2,5-7,10-11,13,18,27H,3-4,8-9,12H2,(H,33,36)(H,34,35)/t18?,27-/m1/s1. The van der Waals surface area contributed by atoms with E-state index in [0.29, 0.717) is 30.9 Å². The van der Waals surface area contributed by atoms with Gasteiger partial charge < -0.3 is 14.9 Å². The smallest absolute Gasteiger partial charge is 0.223 e. The number of carbonyl (C=O) groups excluding carboxylic acids is 2. The Hall–Kier alpha value is -4.11. The van der Waals surface area contributed by atoms with Crippen molar-refractivity contribution in [3.63, 3.8) is 0 Å². The average molecular weight is 541 g/mol. The fraction of sp³-hybridized carbons (Fsp3) is 0.276. The maximum Gasteiger partial charge on any atom is 0.223 e. The Balaban J connectivity index is 1.32. The zero-order chi connectivity index (χ0) is 26.5. The van der Waals surface area contributed by atoms with Crippen LogP contribution in [0.5, 0.6) is 0 Å². The molecule has 10 heteroatoms. The van der Waals surface area contributed by atoms with E-state index in [1.165, 1.54) is 12.3 Å². The van der Waals surface area contributed by atoms with Crippen molar-refractivity contribution in [1.82, 2.24) is 24.8 Å². The number of aliphatic imine (C=N–C) groups is 1. The van der Waals surface area contributed by atoms with E-state index in [1.807, 2.05) is 23.1 Å². The summed E-state index contributed by atoms with van der Waals surface area (Å²) in [6.07, 6.45) is 9.70. The van der Waals surface area contributed by atoms with Gasteiger partial charge in [0, 0.05) is 41.8 Å². The molecule has 8 nitrogen and oxygen atoms in total. The zero-order valence-electron chi connectivity index (χ0n) is 20.7. The van der Waals surface area contributed by atoms with Crippen molar-refractivity contribution in [2.45, 2.75) is 31.2 Å². The number of nitrogens with one attached hydrogen (secondary N) is 2. The number of rotatable bonds is 2. The number of ketones is 1. The first-order chi connectivity index (χ1) is 18.9. The van der Waals surface area contributed by atoms with Crippen LogP contribution >= 0.6 is 11.6 Å². The molecule has 3 aliphatic heterocycles. The van der Waals surface area contributed by atoms with Gasteiger partial charge in [0.05, 0.1) is 52.8 Å². The van der Waals surface area contributed by atoms with Crippen LogP contribution in [0.3, 0.4) is 0 Å². The number of amides is 1. The van der Waals surface area contributed by atoms with Gasteiger partial charge in [0.1, 0.15) is 11.7 Å². The molecule has 1 unspecified atom stereocenters. The number of carbonyl (C=O) groups is 2. The molecule has 2 N–H and O–H groups in total. The monoisotopic (exact) mass is 540 g/mol. The lowest BCUT2D eigenvalue weighted by atomic mass is 9.74. The highest BCUT2D eigenvalue weighted by Gasteiger charge is 2.62. The Bertz CT molecular complexity index is 1780. The van der Waals surface area contributed by atoms with Crippen LogP contribution in [0.25, 0.3) is 22.3 Å². The first-order valence-corrected chi connectivity index (χ1v) is 13.3. The number of nitrogens with zero attached hydrogens (tertiary/aromatic N) is 4. The van der Waals surface area contributed by atoms with Crippen molar-refractivity contribution in [2.24, 2.45) is 10.4 Å². The molecule has 1 saturated heterocycles. The third kappa shape index (κ3) is 3.32. The van der Waals surface area contributed by atoms with Gasteiger partial charge in [-0.3, -0.25) is 14.6 Å². The van der Waals surface area contributed by atoms with Crippen molar-refractivity contribution in [3.8, 4) is 11.3 Å². The molecule has 1 aromatic carbocycles. The van der Waals surface area contributed by atoms with Gasteiger partial charge in [-0.2, -0.15) is 0 Å². The topological polar surface area (TPSA) is 107 Å². The number of halogens is 2. The maximum absolute atomic E-state index is 15.3. The summed E-state index contributed by atoms with van der Waals surface area (Å²) in [6, 6.07) is 5.78. The second-order valence-electron chi connectivity index (χ2n) is 10.9. The van der Waals surface area contributed by atoms with Crippen molar-refractivity contribution < 1.29 is 14.0 Å².